The minimum Gasteiger partial charge on any atom is -0.545 e. The Morgan fingerprint density at radius 2 is 0.960 bits per heavy atom. The van der Waals surface area contributed by atoms with Crippen molar-refractivity contribution in [2.24, 2.45) is 0 Å². The molecule has 0 aliphatic carbocycles. The van der Waals surface area contributed by atoms with Gasteiger partial charge in [-0.15, -0.1) is 0 Å². The predicted molar refractivity (Wildman–Crippen MR) is 101 cm³/mol. The maximum atomic E-state index is 9.41. The van der Waals surface area contributed by atoms with Gasteiger partial charge in [0.2, 0.25) is 0 Å². The van der Waals surface area contributed by atoms with E-state index in [2.05, 4.69) is 13.8 Å². The van der Waals surface area contributed by atoms with Crippen LogP contribution < -0.4 is 10.2 Å². The van der Waals surface area contributed by atoms with Gasteiger partial charge in [-0.05, 0) is 12.2 Å². The largest absolute Gasteiger partial charge is 0.545 e. The Morgan fingerprint density at radius 3 is 1.28 bits per heavy atom. The molecule has 0 aromatic rings. The van der Waals surface area contributed by atoms with Crippen LogP contribution in [0.2, 0.25) is 8.87 Å². The van der Waals surface area contributed by atoms with Crippen LogP contribution in [0, 0.1) is 0 Å². The number of rotatable bonds is 16. The van der Waals surface area contributed by atoms with Gasteiger partial charge in [0.15, 0.2) is 0 Å². The first-order chi connectivity index (χ1) is 12.0. The van der Waals surface area contributed by atoms with Crippen molar-refractivity contribution in [2.45, 2.75) is 99.8 Å². The van der Waals surface area contributed by atoms with Gasteiger partial charge in [-0.3, -0.25) is 0 Å². The average molecular weight is 459 g/mol. The minimum atomic E-state index is -1.55. The summed E-state index contributed by atoms with van der Waals surface area (Å²) < 4.78 is 3.31. The Balaban J connectivity index is 0. The topological polar surface area (TPSA) is 80.3 Å². The van der Waals surface area contributed by atoms with Gasteiger partial charge in [0.05, 0.1) is 11.9 Å². The molecule has 0 saturated carbocycles. The van der Waals surface area contributed by atoms with Gasteiger partial charge in [-0.2, -0.15) is 0 Å². The maximum Gasteiger partial charge on any atom is 0.0643 e. The molecule has 25 heavy (non-hydrogen) atoms. The quantitative estimate of drug-likeness (QED) is 0.202. The Kier molecular flexibility index (Phi) is 25.1. The van der Waals surface area contributed by atoms with Crippen molar-refractivity contribution in [1.29, 1.82) is 0 Å². The second kappa shape index (κ2) is 23.5. The normalized spacial score (nSPS) is 10.2. The molecule has 0 bridgehead atoms. The smallest absolute Gasteiger partial charge is 0.0643 e. The number of hydrogen-bond donors (Lipinski definition) is 0. The van der Waals surface area contributed by atoms with Crippen molar-refractivity contribution in [2.75, 3.05) is 0 Å². The summed E-state index contributed by atoms with van der Waals surface area (Å²) in [4.78, 5) is 18.8. The summed E-state index contributed by atoms with van der Waals surface area (Å²) in [7, 11) is 0. The third-order valence-electron chi connectivity index (χ3n) is 3.77. The molecule has 0 N–H and O–H groups in total. The van der Waals surface area contributed by atoms with E-state index in [4.69, 9.17) is 0 Å². The zero-order chi connectivity index (χ0) is 19.2. The zero-order valence-corrected chi connectivity index (χ0v) is 19.0. The fourth-order valence-corrected chi connectivity index (χ4v) is 5.89. The second-order valence-corrected chi connectivity index (χ2v) is 10.5. The second-order valence-electron chi connectivity index (χ2n) is 6.26. The van der Waals surface area contributed by atoms with Crippen molar-refractivity contribution in [3.05, 3.63) is 12.2 Å². The number of carbonyl (C=O) groups is 2. The van der Waals surface area contributed by atoms with Crippen molar-refractivity contribution in [1.82, 2.24) is 0 Å². The predicted octanol–water partition coefficient (Wildman–Crippen LogP) is 3.29. The van der Waals surface area contributed by atoms with Gasteiger partial charge in [-0.1, -0.05) is 0 Å². The molecule has 0 amide bonds. The van der Waals surface area contributed by atoms with Crippen LogP contribution in [0.15, 0.2) is 12.2 Å². The van der Waals surface area contributed by atoms with E-state index >= 15 is 0 Å². The molecule has 144 valence electrons. The summed E-state index contributed by atoms with van der Waals surface area (Å²) in [6, 6.07) is 0. The number of carbonyl (C=O) groups excluding carboxylic acids is 2. The van der Waals surface area contributed by atoms with Crippen molar-refractivity contribution in [3.63, 3.8) is 0 Å². The van der Waals surface area contributed by atoms with E-state index in [0.29, 0.717) is 12.2 Å². The van der Waals surface area contributed by atoms with Crippen LogP contribution >= 0.6 is 0 Å². The van der Waals surface area contributed by atoms with E-state index < -0.39 is 11.9 Å². The molecule has 0 atom stereocenters. The first-order valence-electron chi connectivity index (χ1n) is 9.85. The standard InChI is InChI=1S/2C8H17.C4H4O4.Sn/c2*1-3-5-7-8-6-4-2;5-3(6)1-2-4(7)8;/h2*1,3-8H2,2H3;1-2H,(H,5,6)(H,7,8);/q;;;+2/p-2/b;;2-1-;. The Morgan fingerprint density at radius 1 is 0.640 bits per heavy atom. The van der Waals surface area contributed by atoms with Crippen molar-refractivity contribution in [3.8, 4) is 0 Å². The molecule has 5 heteroatoms. The van der Waals surface area contributed by atoms with Crippen LogP contribution in [0.4, 0.5) is 0 Å². The van der Waals surface area contributed by atoms with E-state index in [1.165, 1.54) is 64.2 Å². The van der Waals surface area contributed by atoms with E-state index in [9.17, 15) is 19.8 Å². The van der Waals surface area contributed by atoms with Crippen LogP contribution in [0.5, 0.6) is 0 Å². The molecule has 0 heterocycles. The van der Waals surface area contributed by atoms with Gasteiger partial charge in [0, 0.05) is 0 Å². The summed E-state index contributed by atoms with van der Waals surface area (Å²) in [6.45, 7) is 4.60. The number of unbranched alkanes of at least 4 members (excludes halogenated alkanes) is 10. The Hall–Kier alpha value is -0.521. The number of hydrogen-bond acceptors (Lipinski definition) is 4. The summed E-state index contributed by atoms with van der Waals surface area (Å²) in [5, 5.41) is 18.8. The molecule has 0 radical (unpaired) electrons. The molecular weight excluding hydrogens is 423 g/mol. The van der Waals surface area contributed by atoms with E-state index in [1.807, 2.05) is 0 Å². The van der Waals surface area contributed by atoms with Crippen LogP contribution in [-0.2, 0) is 9.59 Å². The minimum absolute atomic E-state index is 0.0736. The van der Waals surface area contributed by atoms with Crippen molar-refractivity contribution >= 4 is 33.1 Å². The van der Waals surface area contributed by atoms with Crippen LogP contribution in [0.1, 0.15) is 90.9 Å². The molecule has 0 spiro atoms. The van der Waals surface area contributed by atoms with Crippen LogP contribution in [-0.4, -0.2) is 33.1 Å². The maximum absolute atomic E-state index is 9.41. The fraction of sp³-hybridized carbons (Fsp3) is 0.800. The fourth-order valence-electron chi connectivity index (χ4n) is 2.32. The van der Waals surface area contributed by atoms with Crippen molar-refractivity contribution < 1.29 is 19.8 Å². The first kappa shape index (κ1) is 26.7. The molecule has 0 aromatic carbocycles. The molecule has 0 aliphatic heterocycles. The zero-order valence-electron chi connectivity index (χ0n) is 16.2. The summed E-state index contributed by atoms with van der Waals surface area (Å²) in [5.74, 6) is -3.09. The molecule has 0 rings (SSSR count). The van der Waals surface area contributed by atoms with E-state index in [-0.39, 0.29) is 21.1 Å². The molecule has 0 saturated heterocycles. The monoisotopic (exact) mass is 460 g/mol. The molecule has 0 aromatic heterocycles. The first-order valence-corrected chi connectivity index (χ1v) is 13.9. The third-order valence-corrected chi connectivity index (χ3v) is 7.81. The van der Waals surface area contributed by atoms with Gasteiger partial charge < -0.3 is 19.8 Å². The molecule has 0 aliphatic rings. The average Bonchev–Trinajstić information content (AvgIpc) is 2.58. The number of carboxylic acid groups (broad SMARTS) is 2. The number of carboxylic acids is 2. The van der Waals surface area contributed by atoms with Gasteiger partial charge >= 0.3 is 121 Å². The summed E-state index contributed by atoms with van der Waals surface area (Å²) >= 11 is 0.0736. The third kappa shape index (κ3) is 31.7. The van der Waals surface area contributed by atoms with E-state index in [0.717, 1.165) is 0 Å². The molecule has 4 nitrogen and oxygen atoms in total. The van der Waals surface area contributed by atoms with E-state index in [1.54, 1.807) is 21.7 Å². The Labute approximate surface area is 164 Å². The summed E-state index contributed by atoms with van der Waals surface area (Å²) in [6.07, 6.45) is 18.6. The number of aliphatic carboxylic acids is 2. The Bertz CT molecular complexity index is 300. The van der Waals surface area contributed by atoms with Gasteiger partial charge in [0.1, 0.15) is 0 Å². The van der Waals surface area contributed by atoms with Gasteiger partial charge in [0.25, 0.3) is 0 Å². The van der Waals surface area contributed by atoms with Crippen LogP contribution in [0.25, 0.3) is 0 Å². The van der Waals surface area contributed by atoms with Gasteiger partial charge in [-0.25, -0.2) is 0 Å². The summed E-state index contributed by atoms with van der Waals surface area (Å²) in [5.41, 5.74) is 0. The molecule has 0 fully saturated rings. The molecule has 0 unspecified atom stereocenters. The molecular formula is C20H36O4Sn. The SMILES string of the molecule is CCCCCCC[CH2][Sn+2][CH2]CCCCCCC.O=C([O-])/C=C\C(=O)[O-]. The van der Waals surface area contributed by atoms with Crippen LogP contribution in [0.3, 0.4) is 0 Å².